The summed E-state index contributed by atoms with van der Waals surface area (Å²) >= 11 is 0. The van der Waals surface area contributed by atoms with Gasteiger partial charge in [-0.2, -0.15) is 0 Å². The number of amides is 1. The molecule has 1 aliphatic carbocycles. The van der Waals surface area contributed by atoms with E-state index in [1.165, 1.54) is 0 Å². The third-order valence-electron chi connectivity index (χ3n) is 5.76. The summed E-state index contributed by atoms with van der Waals surface area (Å²) in [5.74, 6) is -0.614. The summed E-state index contributed by atoms with van der Waals surface area (Å²) in [6.45, 7) is 9.29. The fourth-order valence-electron chi connectivity index (χ4n) is 4.30. The van der Waals surface area contributed by atoms with Crippen molar-refractivity contribution >= 4 is 34.9 Å². The molecule has 1 aromatic heterocycles. The number of nitrogens with zero attached hydrogens (tertiary/aromatic N) is 1. The Hall–Kier alpha value is -3.68. The third kappa shape index (κ3) is 4.20. The summed E-state index contributed by atoms with van der Waals surface area (Å²) in [4.78, 5) is 43.3. The number of allylic oxidation sites excluding steroid dienone is 1. The molecular weight excluding hydrogens is 422 g/mol. The molecule has 2 aliphatic rings. The predicted molar refractivity (Wildman–Crippen MR) is 124 cm³/mol. The van der Waals surface area contributed by atoms with Crippen molar-refractivity contribution < 1.29 is 23.5 Å². The van der Waals surface area contributed by atoms with Gasteiger partial charge in [0.15, 0.2) is 11.5 Å². The number of aliphatic imine (C=N–C) groups is 1. The highest BCUT2D eigenvalue weighted by Crippen LogP contribution is 2.38. The molecule has 33 heavy (non-hydrogen) atoms. The monoisotopic (exact) mass is 449 g/mol. The smallest absolute Gasteiger partial charge is 0.343 e. The lowest BCUT2D eigenvalue weighted by atomic mass is 9.76. The first-order valence-corrected chi connectivity index (χ1v) is 10.9. The highest BCUT2D eigenvalue weighted by molar-refractivity contribution is 6.25. The van der Waals surface area contributed by atoms with Gasteiger partial charge in [-0.1, -0.05) is 26.0 Å². The zero-order valence-electron chi connectivity index (χ0n) is 19.4. The minimum Gasteiger partial charge on any atom is -0.462 e. The van der Waals surface area contributed by atoms with Crippen LogP contribution in [0.4, 0.5) is 11.4 Å². The molecule has 0 saturated heterocycles. The summed E-state index contributed by atoms with van der Waals surface area (Å²) in [6, 6.07) is 7.26. The number of nitrogens with one attached hydrogen (secondary N) is 2. The number of anilines is 1. The Bertz CT molecular complexity index is 1230. The van der Waals surface area contributed by atoms with Crippen molar-refractivity contribution in [2.75, 3.05) is 11.9 Å². The van der Waals surface area contributed by atoms with Crippen LogP contribution < -0.4 is 10.6 Å². The molecule has 2 heterocycles. The number of para-hydroxylation sites is 2. The number of hydrogen-bond acceptors (Lipinski definition) is 7. The van der Waals surface area contributed by atoms with Gasteiger partial charge < -0.3 is 19.8 Å². The second-order valence-electron chi connectivity index (χ2n) is 9.07. The van der Waals surface area contributed by atoms with E-state index >= 15 is 0 Å². The molecule has 0 fully saturated rings. The fraction of sp³-hybridized carbons (Fsp3) is 0.360. The number of amidine groups is 1. The number of hydrogen-bond donors (Lipinski definition) is 2. The van der Waals surface area contributed by atoms with Crippen molar-refractivity contribution in [3.63, 3.8) is 0 Å². The Kier molecular flexibility index (Phi) is 5.69. The van der Waals surface area contributed by atoms with Crippen LogP contribution >= 0.6 is 0 Å². The van der Waals surface area contributed by atoms with Crippen molar-refractivity contribution in [3.05, 3.63) is 58.2 Å². The summed E-state index contributed by atoms with van der Waals surface area (Å²) in [5.41, 5.74) is 2.59. The van der Waals surface area contributed by atoms with E-state index in [2.05, 4.69) is 15.6 Å². The molecule has 0 bridgehead atoms. The van der Waals surface area contributed by atoms with E-state index in [0.717, 1.165) is 0 Å². The largest absolute Gasteiger partial charge is 0.462 e. The van der Waals surface area contributed by atoms with Gasteiger partial charge >= 0.3 is 5.97 Å². The average molecular weight is 450 g/mol. The Morgan fingerprint density at radius 2 is 1.94 bits per heavy atom. The maximum absolute atomic E-state index is 13.3. The van der Waals surface area contributed by atoms with Gasteiger partial charge in [-0.25, -0.2) is 9.79 Å². The zero-order valence-corrected chi connectivity index (χ0v) is 19.4. The molecule has 2 N–H and O–H groups in total. The highest BCUT2D eigenvalue weighted by atomic mass is 16.5. The van der Waals surface area contributed by atoms with E-state index in [9.17, 15) is 14.4 Å². The van der Waals surface area contributed by atoms with Crippen molar-refractivity contribution in [2.24, 2.45) is 10.4 Å². The highest BCUT2D eigenvalue weighted by Gasteiger charge is 2.37. The minimum absolute atomic E-state index is 0.0329. The van der Waals surface area contributed by atoms with Crippen molar-refractivity contribution in [3.8, 4) is 0 Å². The second-order valence-corrected chi connectivity index (χ2v) is 9.07. The molecule has 172 valence electrons. The molecule has 8 nitrogen and oxygen atoms in total. The van der Waals surface area contributed by atoms with Gasteiger partial charge in [-0.15, -0.1) is 0 Å². The molecule has 1 aliphatic heterocycles. The number of Topliss-reactive ketones (excluding diaryl/α,β-unsaturated/α-hetero) is 1. The fourth-order valence-corrected chi connectivity index (χ4v) is 4.30. The maximum Gasteiger partial charge on any atom is 0.343 e. The molecule has 4 rings (SSSR count). The van der Waals surface area contributed by atoms with Crippen LogP contribution in [0.2, 0.25) is 0 Å². The standard InChI is InChI=1S/C25H27N3O5/c1-6-32-24(31)20-14(3)26-15-9-7-8-10-16(15)27-22(20)28-23(30)21-13(2)19-17(29)11-25(4,5)12-18(19)33-21/h7-10,26H,6,11-12H2,1-5H3,(H,27,28,30). The van der Waals surface area contributed by atoms with Crippen molar-refractivity contribution in [1.82, 2.24) is 5.32 Å². The lowest BCUT2D eigenvalue weighted by Gasteiger charge is -2.27. The number of carbonyl (C=O) groups excluding carboxylic acids is 3. The van der Waals surface area contributed by atoms with Crippen LogP contribution in [-0.2, 0) is 16.0 Å². The number of ketones is 1. The Morgan fingerprint density at radius 1 is 1.21 bits per heavy atom. The molecule has 1 amide bonds. The lowest BCUT2D eigenvalue weighted by Crippen LogP contribution is -2.35. The normalized spacial score (nSPS) is 16.8. The van der Waals surface area contributed by atoms with Gasteiger partial charge in [-0.05, 0) is 38.3 Å². The van der Waals surface area contributed by atoms with Crippen LogP contribution in [0.1, 0.15) is 66.4 Å². The van der Waals surface area contributed by atoms with E-state index < -0.39 is 11.9 Å². The average Bonchev–Trinajstić information content (AvgIpc) is 2.97. The van der Waals surface area contributed by atoms with Crippen LogP contribution in [0.25, 0.3) is 0 Å². The Labute approximate surface area is 192 Å². The Morgan fingerprint density at radius 3 is 2.67 bits per heavy atom. The number of benzene rings is 1. The van der Waals surface area contributed by atoms with Crippen LogP contribution in [0.3, 0.4) is 0 Å². The maximum atomic E-state index is 13.3. The molecule has 0 atom stereocenters. The number of carbonyl (C=O) groups is 3. The van der Waals surface area contributed by atoms with E-state index in [0.29, 0.717) is 46.8 Å². The quantitative estimate of drug-likeness (QED) is 0.669. The summed E-state index contributed by atoms with van der Waals surface area (Å²) in [6.07, 6.45) is 0.957. The first-order chi connectivity index (χ1) is 15.6. The van der Waals surface area contributed by atoms with Gasteiger partial charge in [0, 0.05) is 24.1 Å². The first-order valence-electron chi connectivity index (χ1n) is 10.9. The number of esters is 1. The molecular formula is C25H27N3O5. The molecule has 0 radical (unpaired) electrons. The van der Waals surface area contributed by atoms with Crippen LogP contribution in [-0.4, -0.2) is 30.1 Å². The predicted octanol–water partition coefficient (Wildman–Crippen LogP) is 4.47. The summed E-state index contributed by atoms with van der Waals surface area (Å²) in [5, 5.41) is 5.89. The number of fused-ring (bicyclic) bond motifs is 2. The van der Waals surface area contributed by atoms with Gasteiger partial charge in [-0.3, -0.25) is 9.59 Å². The Balaban J connectivity index is 1.74. The number of furan rings is 1. The molecule has 8 heteroatoms. The molecule has 1 aromatic carbocycles. The minimum atomic E-state index is -0.609. The van der Waals surface area contributed by atoms with E-state index in [4.69, 9.17) is 9.15 Å². The SMILES string of the molecule is CCOC(=O)C1=C(C)Nc2ccccc2N=C1NC(=O)c1oc2c(c1C)C(=O)CC(C)(C)C2. The first kappa shape index (κ1) is 22.5. The molecule has 0 spiro atoms. The van der Waals surface area contributed by atoms with Gasteiger partial charge in [0.05, 0.1) is 23.5 Å². The number of rotatable bonds is 3. The molecule has 2 aromatic rings. The molecule has 0 saturated carbocycles. The lowest BCUT2D eigenvalue weighted by molar-refractivity contribution is -0.137. The van der Waals surface area contributed by atoms with Crippen molar-refractivity contribution in [1.29, 1.82) is 0 Å². The van der Waals surface area contributed by atoms with Crippen LogP contribution in [0.5, 0.6) is 0 Å². The zero-order chi connectivity index (χ0) is 23.9. The summed E-state index contributed by atoms with van der Waals surface area (Å²) < 4.78 is 11.1. The summed E-state index contributed by atoms with van der Waals surface area (Å²) in [7, 11) is 0. The van der Waals surface area contributed by atoms with E-state index in [1.54, 1.807) is 26.8 Å². The van der Waals surface area contributed by atoms with Crippen LogP contribution in [0, 0.1) is 12.3 Å². The molecule has 0 unspecified atom stereocenters. The van der Waals surface area contributed by atoms with Gasteiger partial charge in [0.2, 0.25) is 0 Å². The topological polar surface area (TPSA) is 110 Å². The van der Waals surface area contributed by atoms with Gasteiger partial charge in [0.25, 0.3) is 5.91 Å². The number of ether oxygens (including phenoxy) is 1. The van der Waals surface area contributed by atoms with E-state index in [-0.39, 0.29) is 35.0 Å². The third-order valence-corrected chi connectivity index (χ3v) is 5.76. The second kappa shape index (κ2) is 8.35. The van der Waals surface area contributed by atoms with E-state index in [1.807, 2.05) is 32.0 Å². The van der Waals surface area contributed by atoms with Crippen LogP contribution in [0.15, 0.2) is 44.9 Å². The van der Waals surface area contributed by atoms with Crippen molar-refractivity contribution in [2.45, 2.75) is 47.5 Å². The van der Waals surface area contributed by atoms with Gasteiger partial charge in [0.1, 0.15) is 17.2 Å².